The summed E-state index contributed by atoms with van der Waals surface area (Å²) < 4.78 is 27.3. The van der Waals surface area contributed by atoms with Gasteiger partial charge >= 0.3 is 0 Å². The van der Waals surface area contributed by atoms with Gasteiger partial charge in [0.05, 0.1) is 17.2 Å². The summed E-state index contributed by atoms with van der Waals surface area (Å²) in [5.74, 6) is 0.00353. The van der Waals surface area contributed by atoms with Gasteiger partial charge in [-0.05, 0) is 6.92 Å². The molecular formula is C10H15N5O2S2. The number of hydrogen-bond donors (Lipinski definition) is 1. The van der Waals surface area contributed by atoms with Crippen LogP contribution in [0.15, 0.2) is 16.5 Å². The highest BCUT2D eigenvalue weighted by Gasteiger charge is 2.26. The summed E-state index contributed by atoms with van der Waals surface area (Å²) in [7, 11) is -0.527. The molecule has 2 heterocycles. The van der Waals surface area contributed by atoms with Crippen LogP contribution < -0.4 is 5.73 Å². The summed E-state index contributed by atoms with van der Waals surface area (Å²) in [5.41, 5.74) is 6.33. The highest BCUT2D eigenvalue weighted by Crippen LogP contribution is 2.21. The van der Waals surface area contributed by atoms with Crippen molar-refractivity contribution in [2.45, 2.75) is 18.4 Å². The lowest BCUT2D eigenvalue weighted by Gasteiger charge is -2.14. The number of aromatic nitrogens is 3. The average molecular weight is 301 g/mol. The third-order valence-corrected chi connectivity index (χ3v) is 5.20. The molecule has 0 bridgehead atoms. The van der Waals surface area contributed by atoms with Crippen LogP contribution in [0.2, 0.25) is 0 Å². The first-order valence-corrected chi connectivity index (χ1v) is 7.79. The van der Waals surface area contributed by atoms with Gasteiger partial charge in [0.25, 0.3) is 0 Å². The van der Waals surface area contributed by atoms with E-state index >= 15 is 0 Å². The molecule has 0 saturated carbocycles. The van der Waals surface area contributed by atoms with E-state index in [2.05, 4.69) is 10.1 Å². The molecule has 0 aliphatic carbocycles. The lowest BCUT2D eigenvalue weighted by molar-refractivity contribution is 0.463. The Morgan fingerprint density at radius 3 is 2.68 bits per heavy atom. The summed E-state index contributed by atoms with van der Waals surface area (Å²) in [6, 6.07) is 0. The number of hydrogen-bond acceptors (Lipinski definition) is 6. The molecule has 0 aliphatic rings. The number of nitrogens with zero attached hydrogens (tertiary/aromatic N) is 4. The molecule has 0 radical (unpaired) electrons. The van der Waals surface area contributed by atoms with E-state index in [1.807, 2.05) is 12.3 Å². The normalized spacial score (nSPS) is 12.2. The number of rotatable bonds is 4. The number of nitrogen functional groups attached to an aromatic ring is 1. The van der Waals surface area contributed by atoms with Gasteiger partial charge in [-0.1, -0.05) is 0 Å². The van der Waals surface area contributed by atoms with Gasteiger partial charge in [-0.2, -0.15) is 9.40 Å². The Bertz CT molecular complexity index is 689. The number of aryl methyl sites for hydroxylation is 2. The molecule has 0 saturated heterocycles. The van der Waals surface area contributed by atoms with Crippen LogP contribution in [0.1, 0.15) is 10.7 Å². The molecule has 9 heteroatoms. The first-order valence-electron chi connectivity index (χ1n) is 5.47. The van der Waals surface area contributed by atoms with Crippen LogP contribution in [-0.2, 0) is 23.6 Å². The van der Waals surface area contributed by atoms with Gasteiger partial charge in [0, 0.05) is 25.7 Å². The van der Waals surface area contributed by atoms with Crippen LogP contribution in [0.3, 0.4) is 0 Å². The molecule has 0 atom stereocenters. The zero-order valence-corrected chi connectivity index (χ0v) is 12.5. The van der Waals surface area contributed by atoms with Crippen LogP contribution in [-0.4, -0.2) is 34.5 Å². The first-order chi connectivity index (χ1) is 8.80. The second-order valence-electron chi connectivity index (χ2n) is 4.17. The Hall–Kier alpha value is -1.45. The van der Waals surface area contributed by atoms with Gasteiger partial charge in [-0.25, -0.2) is 13.4 Å². The molecule has 0 spiro atoms. The van der Waals surface area contributed by atoms with Crippen molar-refractivity contribution in [1.82, 2.24) is 19.1 Å². The summed E-state index contributed by atoms with van der Waals surface area (Å²) in [4.78, 5) is 4.26. The van der Waals surface area contributed by atoms with E-state index in [4.69, 9.17) is 5.73 Å². The fourth-order valence-corrected chi connectivity index (χ4v) is 3.48. The van der Waals surface area contributed by atoms with Crippen LogP contribution in [0.4, 0.5) is 5.82 Å². The predicted molar refractivity (Wildman–Crippen MR) is 73.1 cm³/mol. The Labute approximate surface area is 115 Å². The third-order valence-electron chi connectivity index (χ3n) is 2.56. The van der Waals surface area contributed by atoms with Crippen molar-refractivity contribution in [1.29, 1.82) is 0 Å². The van der Waals surface area contributed by atoms with E-state index in [0.717, 1.165) is 10.7 Å². The number of anilines is 1. The summed E-state index contributed by atoms with van der Waals surface area (Å²) in [6.07, 6.45) is 1.40. The molecule has 0 fully saturated rings. The molecule has 0 aliphatic heterocycles. The molecule has 0 unspecified atom stereocenters. The fraction of sp³-hybridized carbons (Fsp3) is 0.400. The molecule has 2 N–H and O–H groups in total. The van der Waals surface area contributed by atoms with Crippen molar-refractivity contribution in [2.24, 2.45) is 7.05 Å². The molecule has 104 valence electrons. The van der Waals surface area contributed by atoms with Crippen LogP contribution >= 0.6 is 11.3 Å². The quantitative estimate of drug-likeness (QED) is 0.892. The minimum absolute atomic E-state index is 0.00353. The maximum Gasteiger partial charge on any atom is 0.248 e. The number of nitrogens with two attached hydrogens (primary N) is 1. The van der Waals surface area contributed by atoms with E-state index in [1.165, 1.54) is 33.6 Å². The molecule has 7 nitrogen and oxygen atoms in total. The van der Waals surface area contributed by atoms with Gasteiger partial charge in [-0.15, -0.1) is 11.3 Å². The molecule has 2 aromatic rings. The van der Waals surface area contributed by atoms with Gasteiger partial charge in [0.1, 0.15) is 4.90 Å². The molecular weight excluding hydrogens is 286 g/mol. The second kappa shape index (κ2) is 4.91. The van der Waals surface area contributed by atoms with Crippen LogP contribution in [0, 0.1) is 6.92 Å². The van der Waals surface area contributed by atoms with E-state index in [1.54, 1.807) is 7.05 Å². The Balaban J connectivity index is 2.27. The lowest BCUT2D eigenvalue weighted by atomic mass is 10.5. The SMILES string of the molecule is Cc1nc(CN(C)S(=O)(=O)c2cn(C)nc2N)cs1. The lowest BCUT2D eigenvalue weighted by Crippen LogP contribution is -2.27. The summed E-state index contributed by atoms with van der Waals surface area (Å²) >= 11 is 1.49. The van der Waals surface area contributed by atoms with E-state index in [-0.39, 0.29) is 17.3 Å². The minimum atomic E-state index is -3.65. The van der Waals surface area contributed by atoms with Crippen molar-refractivity contribution in [2.75, 3.05) is 12.8 Å². The van der Waals surface area contributed by atoms with Crippen molar-refractivity contribution in [3.63, 3.8) is 0 Å². The molecule has 0 amide bonds. The maximum atomic E-state index is 12.3. The Morgan fingerprint density at radius 2 is 2.21 bits per heavy atom. The highest BCUT2D eigenvalue weighted by atomic mass is 32.2. The van der Waals surface area contributed by atoms with Gasteiger partial charge in [0.2, 0.25) is 10.0 Å². The predicted octanol–water partition coefficient (Wildman–Crippen LogP) is 0.588. The maximum absolute atomic E-state index is 12.3. The molecule has 0 aromatic carbocycles. The molecule has 2 aromatic heterocycles. The van der Waals surface area contributed by atoms with Crippen LogP contribution in [0.25, 0.3) is 0 Å². The van der Waals surface area contributed by atoms with E-state index in [0.29, 0.717) is 0 Å². The summed E-state index contributed by atoms with van der Waals surface area (Å²) in [6.45, 7) is 2.09. The minimum Gasteiger partial charge on any atom is -0.381 e. The molecule has 19 heavy (non-hydrogen) atoms. The smallest absolute Gasteiger partial charge is 0.248 e. The standard InChI is InChI=1S/C10H15N5O2S2/c1-7-12-8(6-18-7)4-15(3)19(16,17)9-5-14(2)13-10(9)11/h5-6H,4H2,1-3H3,(H2,11,13). The van der Waals surface area contributed by atoms with Crippen LogP contribution in [0.5, 0.6) is 0 Å². The number of sulfonamides is 1. The van der Waals surface area contributed by atoms with Crippen molar-refractivity contribution >= 4 is 27.2 Å². The second-order valence-corrected chi connectivity index (χ2v) is 7.25. The summed E-state index contributed by atoms with van der Waals surface area (Å²) in [5, 5.41) is 6.59. The highest BCUT2D eigenvalue weighted by molar-refractivity contribution is 7.89. The van der Waals surface area contributed by atoms with Gasteiger partial charge in [0.15, 0.2) is 5.82 Å². The average Bonchev–Trinajstić information content (AvgIpc) is 2.85. The zero-order valence-electron chi connectivity index (χ0n) is 10.9. The first kappa shape index (κ1) is 14.0. The van der Waals surface area contributed by atoms with Gasteiger partial charge < -0.3 is 5.73 Å². The fourth-order valence-electron chi connectivity index (χ4n) is 1.64. The Morgan fingerprint density at radius 1 is 1.53 bits per heavy atom. The zero-order chi connectivity index (χ0) is 14.2. The number of thiazole rings is 1. The molecule has 2 rings (SSSR count). The van der Waals surface area contributed by atoms with Crippen molar-refractivity contribution < 1.29 is 8.42 Å². The topological polar surface area (TPSA) is 94.1 Å². The third kappa shape index (κ3) is 2.77. The largest absolute Gasteiger partial charge is 0.381 e. The monoisotopic (exact) mass is 301 g/mol. The van der Waals surface area contributed by atoms with Crippen molar-refractivity contribution in [3.05, 3.63) is 22.3 Å². The van der Waals surface area contributed by atoms with Gasteiger partial charge in [-0.3, -0.25) is 4.68 Å². The van der Waals surface area contributed by atoms with Crippen molar-refractivity contribution in [3.8, 4) is 0 Å². The Kier molecular flexibility index (Phi) is 3.61. The van der Waals surface area contributed by atoms with E-state index < -0.39 is 10.0 Å². The van der Waals surface area contributed by atoms with E-state index in [9.17, 15) is 8.42 Å².